The molecule has 0 radical (unpaired) electrons. The molecule has 1 N–H and O–H groups in total. The summed E-state index contributed by atoms with van der Waals surface area (Å²) in [7, 11) is 3.25. The van der Waals surface area contributed by atoms with Crippen LogP contribution in [-0.2, 0) is 13.0 Å². The highest BCUT2D eigenvalue weighted by atomic mass is 16.5. The number of rotatable bonds is 9. The summed E-state index contributed by atoms with van der Waals surface area (Å²) in [4.78, 5) is 20.5. The molecule has 6 heteroatoms. The van der Waals surface area contributed by atoms with Gasteiger partial charge in [0.05, 0.1) is 25.5 Å². The van der Waals surface area contributed by atoms with Gasteiger partial charge in [0.2, 0.25) is 0 Å². The third-order valence-corrected chi connectivity index (χ3v) is 6.92. The van der Waals surface area contributed by atoms with Gasteiger partial charge >= 0.3 is 0 Å². The van der Waals surface area contributed by atoms with Gasteiger partial charge in [0.25, 0.3) is 5.91 Å². The molecular formula is C30H37N3O3. The number of carbonyl (C=O) groups excluding carboxylic acids is 1. The maximum Gasteiger partial charge on any atom is 0.253 e. The SMILES string of the molecule is COc1ccc(CCNC(=O)c2ccc(C)nc2C2CCN(Cc3cccc(C)c3)CC2)cc1OC. The van der Waals surface area contributed by atoms with E-state index in [1.807, 2.05) is 37.3 Å². The number of hydrogen-bond acceptors (Lipinski definition) is 5. The number of nitrogens with one attached hydrogen (secondary N) is 1. The summed E-state index contributed by atoms with van der Waals surface area (Å²) >= 11 is 0. The van der Waals surface area contributed by atoms with Gasteiger partial charge in [-0.05, 0) is 81.6 Å². The minimum Gasteiger partial charge on any atom is -0.493 e. The van der Waals surface area contributed by atoms with Crippen LogP contribution in [0.15, 0.2) is 54.6 Å². The topological polar surface area (TPSA) is 63.7 Å². The number of pyridine rings is 1. The Morgan fingerprint density at radius 3 is 2.47 bits per heavy atom. The van der Waals surface area contributed by atoms with E-state index in [0.29, 0.717) is 35.9 Å². The van der Waals surface area contributed by atoms with E-state index in [0.717, 1.165) is 49.4 Å². The Hall–Kier alpha value is -3.38. The van der Waals surface area contributed by atoms with Gasteiger partial charge in [0.15, 0.2) is 11.5 Å². The van der Waals surface area contributed by atoms with Gasteiger partial charge < -0.3 is 14.8 Å². The third-order valence-electron chi connectivity index (χ3n) is 6.92. The Bertz CT molecular complexity index is 1190. The van der Waals surface area contributed by atoms with Crippen LogP contribution in [0, 0.1) is 13.8 Å². The van der Waals surface area contributed by atoms with E-state index in [-0.39, 0.29) is 5.91 Å². The first-order chi connectivity index (χ1) is 17.5. The van der Waals surface area contributed by atoms with Crippen LogP contribution < -0.4 is 14.8 Å². The smallest absolute Gasteiger partial charge is 0.253 e. The number of nitrogens with zero attached hydrogens (tertiary/aromatic N) is 2. The molecule has 1 aromatic heterocycles. The molecule has 1 amide bonds. The first-order valence-electron chi connectivity index (χ1n) is 12.7. The molecule has 0 bridgehead atoms. The van der Waals surface area contributed by atoms with Crippen molar-refractivity contribution in [3.05, 3.63) is 88.2 Å². The number of methoxy groups -OCH3 is 2. The third kappa shape index (κ3) is 6.43. The average molecular weight is 488 g/mol. The van der Waals surface area contributed by atoms with Crippen molar-refractivity contribution >= 4 is 5.91 Å². The quantitative estimate of drug-likeness (QED) is 0.457. The van der Waals surface area contributed by atoms with Gasteiger partial charge in [-0.3, -0.25) is 14.7 Å². The lowest BCUT2D eigenvalue weighted by Crippen LogP contribution is -2.34. The van der Waals surface area contributed by atoms with Crippen LogP contribution in [0.4, 0.5) is 0 Å². The summed E-state index contributed by atoms with van der Waals surface area (Å²) in [5, 5.41) is 3.10. The van der Waals surface area contributed by atoms with Crippen LogP contribution in [0.5, 0.6) is 11.5 Å². The van der Waals surface area contributed by atoms with E-state index in [9.17, 15) is 4.79 Å². The Balaban J connectivity index is 1.36. The molecule has 190 valence electrons. The van der Waals surface area contributed by atoms with Crippen molar-refractivity contribution in [3.63, 3.8) is 0 Å². The zero-order chi connectivity index (χ0) is 25.5. The minimum absolute atomic E-state index is 0.0554. The fourth-order valence-corrected chi connectivity index (χ4v) is 4.96. The number of aryl methyl sites for hydroxylation is 2. The monoisotopic (exact) mass is 487 g/mol. The van der Waals surface area contributed by atoms with Crippen LogP contribution in [0.2, 0.25) is 0 Å². The van der Waals surface area contributed by atoms with Gasteiger partial charge in [-0.15, -0.1) is 0 Å². The fourth-order valence-electron chi connectivity index (χ4n) is 4.96. The lowest BCUT2D eigenvalue weighted by Gasteiger charge is -2.32. The second kappa shape index (κ2) is 12.0. The largest absolute Gasteiger partial charge is 0.493 e. The molecule has 0 atom stereocenters. The van der Waals surface area contributed by atoms with Crippen molar-refractivity contribution in [2.45, 2.75) is 45.6 Å². The number of piperidine rings is 1. The highest BCUT2D eigenvalue weighted by Gasteiger charge is 2.26. The summed E-state index contributed by atoms with van der Waals surface area (Å²) in [6.07, 6.45) is 2.72. The number of carbonyl (C=O) groups is 1. The second-order valence-corrected chi connectivity index (χ2v) is 9.62. The molecule has 0 aliphatic carbocycles. The van der Waals surface area contributed by atoms with Crippen LogP contribution in [0.1, 0.15) is 57.2 Å². The van der Waals surface area contributed by atoms with Crippen LogP contribution in [0.3, 0.4) is 0 Å². The van der Waals surface area contributed by atoms with Crippen molar-refractivity contribution in [2.75, 3.05) is 33.9 Å². The van der Waals surface area contributed by atoms with E-state index in [4.69, 9.17) is 14.5 Å². The molecule has 0 unspecified atom stereocenters. The Labute approximate surface area is 214 Å². The molecule has 3 aromatic rings. The maximum atomic E-state index is 13.2. The van der Waals surface area contributed by atoms with E-state index < -0.39 is 0 Å². The molecule has 0 spiro atoms. The number of likely N-dealkylation sites (tertiary alicyclic amines) is 1. The summed E-state index contributed by atoms with van der Waals surface area (Å²) in [6.45, 7) is 7.66. The molecule has 36 heavy (non-hydrogen) atoms. The lowest BCUT2D eigenvalue weighted by molar-refractivity contribution is 0.0951. The number of ether oxygens (including phenoxy) is 2. The molecular weight excluding hydrogens is 450 g/mol. The van der Waals surface area contributed by atoms with E-state index in [1.165, 1.54) is 11.1 Å². The van der Waals surface area contributed by atoms with E-state index in [2.05, 4.69) is 41.4 Å². The molecule has 0 saturated carbocycles. The van der Waals surface area contributed by atoms with Gasteiger partial charge in [-0.25, -0.2) is 0 Å². The standard InChI is InChI=1S/C30H37N3O3/c1-21-6-5-7-24(18-21)20-33-16-13-25(14-17-33)29-26(10-8-22(2)32-29)30(34)31-15-12-23-9-11-27(35-3)28(19-23)36-4/h5-11,18-19,25H,12-17,20H2,1-4H3,(H,31,34). The van der Waals surface area contributed by atoms with Crippen molar-refractivity contribution in [2.24, 2.45) is 0 Å². The van der Waals surface area contributed by atoms with E-state index in [1.54, 1.807) is 14.2 Å². The first-order valence-corrected chi connectivity index (χ1v) is 12.7. The lowest BCUT2D eigenvalue weighted by atomic mass is 9.89. The maximum absolute atomic E-state index is 13.2. The second-order valence-electron chi connectivity index (χ2n) is 9.62. The van der Waals surface area contributed by atoms with Gasteiger partial charge in [0, 0.05) is 24.7 Å². The Morgan fingerprint density at radius 1 is 0.972 bits per heavy atom. The van der Waals surface area contributed by atoms with Crippen molar-refractivity contribution in [1.82, 2.24) is 15.2 Å². The summed E-state index contributed by atoms with van der Waals surface area (Å²) in [6, 6.07) is 18.4. The number of amides is 1. The van der Waals surface area contributed by atoms with Crippen LogP contribution in [0.25, 0.3) is 0 Å². The average Bonchev–Trinajstić information content (AvgIpc) is 2.89. The minimum atomic E-state index is -0.0554. The highest BCUT2D eigenvalue weighted by Crippen LogP contribution is 2.30. The Kier molecular flexibility index (Phi) is 8.60. The van der Waals surface area contributed by atoms with Gasteiger partial charge in [-0.2, -0.15) is 0 Å². The summed E-state index contributed by atoms with van der Waals surface area (Å²) in [5.41, 5.74) is 6.33. The predicted molar refractivity (Wildman–Crippen MR) is 143 cm³/mol. The first kappa shape index (κ1) is 25.7. The molecule has 1 aliphatic rings. The normalized spacial score (nSPS) is 14.4. The van der Waals surface area contributed by atoms with Crippen LogP contribution >= 0.6 is 0 Å². The van der Waals surface area contributed by atoms with E-state index >= 15 is 0 Å². The molecule has 1 fully saturated rings. The number of aromatic nitrogens is 1. The molecule has 2 heterocycles. The zero-order valence-electron chi connectivity index (χ0n) is 21.8. The molecule has 6 nitrogen and oxygen atoms in total. The number of hydrogen-bond donors (Lipinski definition) is 1. The Morgan fingerprint density at radius 2 is 1.75 bits per heavy atom. The zero-order valence-corrected chi connectivity index (χ0v) is 21.8. The summed E-state index contributed by atoms with van der Waals surface area (Å²) in [5.74, 6) is 1.64. The van der Waals surface area contributed by atoms with Crippen molar-refractivity contribution in [3.8, 4) is 11.5 Å². The van der Waals surface area contributed by atoms with Crippen molar-refractivity contribution < 1.29 is 14.3 Å². The molecule has 1 saturated heterocycles. The predicted octanol–water partition coefficient (Wildman–Crippen LogP) is 5.07. The summed E-state index contributed by atoms with van der Waals surface area (Å²) < 4.78 is 10.7. The van der Waals surface area contributed by atoms with Gasteiger partial charge in [-0.1, -0.05) is 35.9 Å². The van der Waals surface area contributed by atoms with Crippen molar-refractivity contribution in [1.29, 1.82) is 0 Å². The van der Waals surface area contributed by atoms with Gasteiger partial charge in [0.1, 0.15) is 0 Å². The fraction of sp³-hybridized carbons (Fsp3) is 0.400. The molecule has 4 rings (SSSR count). The molecule has 2 aromatic carbocycles. The molecule has 1 aliphatic heterocycles. The number of benzene rings is 2. The van der Waals surface area contributed by atoms with Crippen LogP contribution in [-0.4, -0.2) is 49.6 Å². The highest BCUT2D eigenvalue weighted by molar-refractivity contribution is 5.95.